The molecule has 176 valence electrons. The van der Waals surface area contributed by atoms with Gasteiger partial charge in [-0.05, 0) is 29.7 Å². The zero-order valence-electron chi connectivity index (χ0n) is 17.6. The number of nitrogens with one attached hydrogen (secondary N) is 1. The highest BCUT2D eigenvalue weighted by atomic mass is 35.5. The van der Waals surface area contributed by atoms with Crippen LogP contribution < -0.4 is 10.2 Å². The molecule has 3 aromatic rings. The number of benzene rings is 3. The molecule has 0 aliphatic carbocycles. The monoisotopic (exact) mass is 490 g/mol. The Bertz CT molecular complexity index is 1270. The molecule has 1 N–H and O–H groups in total. The SMILES string of the molecule is O=C(COC(=O)[C@H]1CC(=O)N(c2cccc3ccccc23)C1)Nc1cc(C(F)(F)F)ccc1Cl. The maximum Gasteiger partial charge on any atom is 0.416 e. The highest BCUT2D eigenvalue weighted by Gasteiger charge is 2.37. The van der Waals surface area contributed by atoms with Crippen LogP contribution >= 0.6 is 11.6 Å². The molecule has 1 aliphatic heterocycles. The molecule has 1 fully saturated rings. The summed E-state index contributed by atoms with van der Waals surface area (Å²) in [5, 5.41) is 3.92. The average molecular weight is 491 g/mol. The molecule has 0 radical (unpaired) electrons. The smallest absolute Gasteiger partial charge is 0.416 e. The fraction of sp³-hybridized carbons (Fsp3) is 0.208. The summed E-state index contributed by atoms with van der Waals surface area (Å²) in [4.78, 5) is 38.7. The van der Waals surface area contributed by atoms with E-state index in [1.54, 1.807) is 6.07 Å². The number of esters is 1. The summed E-state index contributed by atoms with van der Waals surface area (Å²) >= 11 is 5.86. The van der Waals surface area contributed by atoms with E-state index in [2.05, 4.69) is 5.32 Å². The van der Waals surface area contributed by atoms with Crippen molar-refractivity contribution in [3.8, 4) is 0 Å². The van der Waals surface area contributed by atoms with Crippen molar-refractivity contribution in [1.82, 2.24) is 0 Å². The Kier molecular flexibility index (Phi) is 6.47. The summed E-state index contributed by atoms with van der Waals surface area (Å²) in [6, 6.07) is 15.6. The number of ether oxygens (including phenoxy) is 1. The van der Waals surface area contributed by atoms with Crippen molar-refractivity contribution in [3.63, 3.8) is 0 Å². The largest absolute Gasteiger partial charge is 0.455 e. The number of amides is 2. The van der Waals surface area contributed by atoms with Gasteiger partial charge in [0.1, 0.15) is 0 Å². The Morgan fingerprint density at radius 2 is 1.82 bits per heavy atom. The third-order valence-electron chi connectivity index (χ3n) is 5.43. The molecule has 0 bridgehead atoms. The van der Waals surface area contributed by atoms with Gasteiger partial charge in [0, 0.05) is 18.4 Å². The molecule has 0 saturated carbocycles. The maximum atomic E-state index is 12.9. The van der Waals surface area contributed by atoms with Crippen LogP contribution in [0.2, 0.25) is 5.02 Å². The van der Waals surface area contributed by atoms with Crippen LogP contribution in [-0.2, 0) is 25.3 Å². The van der Waals surface area contributed by atoms with Crippen molar-refractivity contribution >= 4 is 51.5 Å². The third kappa shape index (κ3) is 4.99. The van der Waals surface area contributed by atoms with E-state index in [4.69, 9.17) is 16.3 Å². The van der Waals surface area contributed by atoms with Gasteiger partial charge in [-0.15, -0.1) is 0 Å². The second-order valence-electron chi connectivity index (χ2n) is 7.75. The lowest BCUT2D eigenvalue weighted by Crippen LogP contribution is -2.28. The Hall–Kier alpha value is -3.59. The van der Waals surface area contributed by atoms with Crippen molar-refractivity contribution in [3.05, 3.63) is 71.2 Å². The summed E-state index contributed by atoms with van der Waals surface area (Å²) in [5.41, 5.74) is -0.562. The quantitative estimate of drug-likeness (QED) is 0.508. The van der Waals surface area contributed by atoms with E-state index in [1.807, 2.05) is 36.4 Å². The molecule has 1 saturated heterocycles. The topological polar surface area (TPSA) is 75.7 Å². The Labute approximate surface area is 197 Å². The predicted molar refractivity (Wildman–Crippen MR) is 120 cm³/mol. The number of halogens is 4. The number of carbonyl (C=O) groups excluding carboxylic acids is 3. The van der Waals surface area contributed by atoms with Crippen LogP contribution in [0.4, 0.5) is 24.5 Å². The van der Waals surface area contributed by atoms with E-state index in [0.29, 0.717) is 11.8 Å². The number of carbonyl (C=O) groups is 3. The van der Waals surface area contributed by atoms with Crippen LogP contribution in [0.15, 0.2) is 60.7 Å². The van der Waals surface area contributed by atoms with Gasteiger partial charge in [0.05, 0.1) is 27.9 Å². The zero-order chi connectivity index (χ0) is 24.5. The fourth-order valence-electron chi connectivity index (χ4n) is 3.78. The van der Waals surface area contributed by atoms with E-state index in [1.165, 1.54) is 4.90 Å². The van der Waals surface area contributed by atoms with E-state index < -0.39 is 36.1 Å². The summed E-state index contributed by atoms with van der Waals surface area (Å²) in [7, 11) is 0. The number of rotatable bonds is 5. The molecule has 0 spiro atoms. The van der Waals surface area contributed by atoms with Gasteiger partial charge in [0.2, 0.25) is 5.91 Å². The first-order valence-corrected chi connectivity index (χ1v) is 10.6. The van der Waals surface area contributed by atoms with Crippen molar-refractivity contribution in [2.24, 2.45) is 5.92 Å². The molecule has 0 unspecified atom stereocenters. The summed E-state index contributed by atoms with van der Waals surface area (Å²) in [5.74, 6) is -2.64. The molecular formula is C24H18ClF3N2O4. The van der Waals surface area contributed by atoms with Crippen LogP contribution in [0.25, 0.3) is 10.8 Å². The summed E-state index contributed by atoms with van der Waals surface area (Å²) in [6.45, 7) is -0.642. The number of anilines is 2. The highest BCUT2D eigenvalue weighted by Crippen LogP contribution is 2.34. The van der Waals surface area contributed by atoms with Gasteiger partial charge >= 0.3 is 12.1 Å². The lowest BCUT2D eigenvalue weighted by Gasteiger charge is -2.19. The first kappa shape index (κ1) is 23.6. The maximum absolute atomic E-state index is 12.9. The molecule has 6 nitrogen and oxygen atoms in total. The summed E-state index contributed by atoms with van der Waals surface area (Å²) in [6.07, 6.45) is -4.69. The van der Waals surface area contributed by atoms with Gasteiger partial charge in [-0.2, -0.15) is 13.2 Å². The number of hydrogen-bond donors (Lipinski definition) is 1. The van der Waals surface area contributed by atoms with Gasteiger partial charge < -0.3 is 15.0 Å². The molecule has 0 aromatic heterocycles. The van der Waals surface area contributed by atoms with Crippen LogP contribution in [-0.4, -0.2) is 30.9 Å². The molecule has 1 atom stereocenters. The van der Waals surface area contributed by atoms with Gasteiger partial charge in [-0.3, -0.25) is 14.4 Å². The molecule has 10 heteroatoms. The number of fused-ring (bicyclic) bond motifs is 1. The molecule has 1 heterocycles. The predicted octanol–water partition coefficient (Wildman–Crippen LogP) is 5.05. The fourth-order valence-corrected chi connectivity index (χ4v) is 3.94. The second-order valence-corrected chi connectivity index (χ2v) is 8.16. The van der Waals surface area contributed by atoms with Crippen LogP contribution in [0.3, 0.4) is 0 Å². The standard InChI is InChI=1S/C24H18ClF3N2O4/c25-18-9-8-16(24(26,27)28)11-19(18)29-21(31)13-34-23(33)15-10-22(32)30(12-15)20-7-3-5-14-4-1-2-6-17(14)20/h1-9,11,15H,10,12-13H2,(H,29,31)/t15-/m0/s1. The minimum absolute atomic E-state index is 0.0802. The Morgan fingerprint density at radius 1 is 1.09 bits per heavy atom. The Balaban J connectivity index is 1.38. The van der Waals surface area contributed by atoms with Crippen molar-refractivity contribution in [1.29, 1.82) is 0 Å². The van der Waals surface area contributed by atoms with E-state index in [-0.39, 0.29) is 29.6 Å². The lowest BCUT2D eigenvalue weighted by atomic mass is 10.1. The molecule has 2 amide bonds. The Morgan fingerprint density at radius 3 is 2.59 bits per heavy atom. The molecular weight excluding hydrogens is 473 g/mol. The molecule has 1 aliphatic rings. The van der Waals surface area contributed by atoms with Gasteiger partial charge in [-0.1, -0.05) is 48.0 Å². The normalized spacial score (nSPS) is 16.1. The van der Waals surface area contributed by atoms with Crippen molar-refractivity contribution in [2.45, 2.75) is 12.6 Å². The molecule has 34 heavy (non-hydrogen) atoms. The van der Waals surface area contributed by atoms with Crippen LogP contribution in [0.1, 0.15) is 12.0 Å². The first-order chi connectivity index (χ1) is 16.1. The minimum atomic E-state index is -4.61. The average Bonchev–Trinajstić information content (AvgIpc) is 3.19. The van der Waals surface area contributed by atoms with Crippen molar-refractivity contribution < 1.29 is 32.3 Å². The summed E-state index contributed by atoms with van der Waals surface area (Å²) < 4.78 is 43.7. The lowest BCUT2D eigenvalue weighted by molar-refractivity contribution is -0.151. The van der Waals surface area contributed by atoms with E-state index in [0.717, 1.165) is 22.9 Å². The van der Waals surface area contributed by atoms with Crippen molar-refractivity contribution in [2.75, 3.05) is 23.4 Å². The van der Waals surface area contributed by atoms with Gasteiger partial charge in [0.15, 0.2) is 6.61 Å². The number of alkyl halides is 3. The molecule has 4 rings (SSSR count). The van der Waals surface area contributed by atoms with E-state index >= 15 is 0 Å². The van der Waals surface area contributed by atoms with Crippen LogP contribution in [0, 0.1) is 5.92 Å². The first-order valence-electron chi connectivity index (χ1n) is 10.2. The second kappa shape index (κ2) is 9.34. The number of nitrogens with zero attached hydrogens (tertiary/aromatic N) is 1. The number of hydrogen-bond acceptors (Lipinski definition) is 4. The van der Waals surface area contributed by atoms with Gasteiger partial charge in [-0.25, -0.2) is 0 Å². The van der Waals surface area contributed by atoms with E-state index in [9.17, 15) is 27.6 Å². The molecule has 3 aromatic carbocycles. The minimum Gasteiger partial charge on any atom is -0.455 e. The van der Waals surface area contributed by atoms with Crippen LogP contribution in [0.5, 0.6) is 0 Å². The highest BCUT2D eigenvalue weighted by molar-refractivity contribution is 6.33. The van der Waals surface area contributed by atoms with Gasteiger partial charge in [0.25, 0.3) is 5.91 Å². The zero-order valence-corrected chi connectivity index (χ0v) is 18.3. The third-order valence-corrected chi connectivity index (χ3v) is 5.76.